The number of quaternary nitrogens is 1. The number of ether oxygens (including phenoxy) is 1. The molecule has 1 N–H and O–H groups in total. The standard InChI is InChI=1S/C21H26N2O4/c1-21(2,3)27-20(26)23-13-11-22(12-14-23)18(19(24)25)17-10-6-8-15-7-4-5-9-16(15)17/h4-10,18H,11-14H2,1-3H3,(H,24,25)/t18-/m0/s1. The zero-order valence-corrected chi connectivity index (χ0v) is 16.0. The van der Waals surface area contributed by atoms with E-state index in [-0.39, 0.29) is 6.09 Å². The summed E-state index contributed by atoms with van der Waals surface area (Å²) in [6.07, 6.45) is -0.350. The fourth-order valence-corrected chi connectivity index (χ4v) is 3.61. The van der Waals surface area contributed by atoms with Crippen LogP contribution in [0.5, 0.6) is 0 Å². The normalized spacial score (nSPS) is 16.9. The maximum absolute atomic E-state index is 12.2. The molecule has 0 spiro atoms. The molecule has 6 nitrogen and oxygen atoms in total. The number of carbonyl (C=O) groups is 2. The largest absolute Gasteiger partial charge is 0.544 e. The summed E-state index contributed by atoms with van der Waals surface area (Å²) in [7, 11) is 0. The number of carbonyl (C=O) groups excluding carboxylic acids is 2. The lowest BCUT2D eigenvalue weighted by atomic mass is 9.97. The predicted molar refractivity (Wildman–Crippen MR) is 100 cm³/mol. The van der Waals surface area contributed by atoms with Gasteiger partial charge in [0.05, 0.1) is 26.2 Å². The topological polar surface area (TPSA) is 74.1 Å². The minimum atomic E-state index is -1.09. The summed E-state index contributed by atoms with van der Waals surface area (Å²) in [6.45, 7) is 7.47. The second-order valence-corrected chi connectivity index (χ2v) is 7.95. The number of aliphatic carboxylic acids is 1. The lowest BCUT2D eigenvalue weighted by Gasteiger charge is -2.37. The maximum Gasteiger partial charge on any atom is 0.410 e. The van der Waals surface area contributed by atoms with Crippen LogP contribution in [0.15, 0.2) is 42.5 Å². The minimum absolute atomic E-state index is 0.350. The van der Waals surface area contributed by atoms with E-state index in [1.54, 1.807) is 4.90 Å². The molecule has 144 valence electrons. The number of hydrogen-bond donors (Lipinski definition) is 1. The van der Waals surface area contributed by atoms with Crippen LogP contribution in [0.1, 0.15) is 32.4 Å². The molecule has 27 heavy (non-hydrogen) atoms. The second-order valence-electron chi connectivity index (χ2n) is 7.95. The van der Waals surface area contributed by atoms with Crippen LogP contribution in [0, 0.1) is 0 Å². The Hall–Kier alpha value is -2.60. The first kappa shape index (κ1) is 19.2. The average molecular weight is 370 g/mol. The summed E-state index contributed by atoms with van der Waals surface area (Å²) in [5.41, 5.74) is 0.214. The number of rotatable bonds is 3. The van der Waals surface area contributed by atoms with Crippen molar-refractivity contribution < 1.29 is 24.3 Å². The van der Waals surface area contributed by atoms with E-state index < -0.39 is 17.6 Å². The minimum Gasteiger partial charge on any atom is -0.544 e. The van der Waals surface area contributed by atoms with Gasteiger partial charge in [0.25, 0.3) is 0 Å². The van der Waals surface area contributed by atoms with Gasteiger partial charge in [-0.1, -0.05) is 42.5 Å². The van der Waals surface area contributed by atoms with Gasteiger partial charge in [-0.05, 0) is 31.5 Å². The van der Waals surface area contributed by atoms with Crippen molar-refractivity contribution in [3.05, 3.63) is 48.0 Å². The molecule has 0 aromatic heterocycles. The second kappa shape index (κ2) is 7.56. The first-order valence-electron chi connectivity index (χ1n) is 9.27. The van der Waals surface area contributed by atoms with E-state index in [2.05, 4.69) is 0 Å². The highest BCUT2D eigenvalue weighted by Gasteiger charge is 2.33. The van der Waals surface area contributed by atoms with Gasteiger partial charge in [-0.15, -0.1) is 0 Å². The Labute approximate surface area is 159 Å². The van der Waals surface area contributed by atoms with Crippen LogP contribution in [-0.4, -0.2) is 48.7 Å². The molecule has 2 aromatic carbocycles. The Bertz CT molecular complexity index is 830. The zero-order chi connectivity index (χ0) is 19.6. The third-order valence-electron chi connectivity index (χ3n) is 4.84. The van der Waals surface area contributed by atoms with Crippen molar-refractivity contribution in [1.29, 1.82) is 0 Å². The van der Waals surface area contributed by atoms with E-state index >= 15 is 0 Å². The summed E-state index contributed by atoms with van der Waals surface area (Å²) in [6, 6.07) is 12.7. The molecule has 2 aromatic rings. The zero-order valence-electron chi connectivity index (χ0n) is 16.0. The first-order chi connectivity index (χ1) is 12.8. The molecule has 3 rings (SSSR count). The van der Waals surface area contributed by atoms with Crippen LogP contribution in [0.4, 0.5) is 4.79 Å². The van der Waals surface area contributed by atoms with Crippen LogP contribution < -0.4 is 10.0 Å². The van der Waals surface area contributed by atoms with E-state index in [1.165, 1.54) is 0 Å². The molecule has 0 saturated carbocycles. The molecule has 1 heterocycles. The van der Waals surface area contributed by atoms with E-state index in [4.69, 9.17) is 4.74 Å². The number of amides is 1. The molecule has 1 atom stereocenters. The van der Waals surface area contributed by atoms with Crippen LogP contribution in [-0.2, 0) is 9.53 Å². The summed E-state index contributed by atoms with van der Waals surface area (Å²) >= 11 is 0. The molecule has 1 aliphatic heterocycles. The molecule has 1 amide bonds. The number of benzene rings is 2. The summed E-state index contributed by atoms with van der Waals surface area (Å²) in [4.78, 5) is 26.8. The fourth-order valence-electron chi connectivity index (χ4n) is 3.61. The van der Waals surface area contributed by atoms with Crippen LogP contribution in [0.2, 0.25) is 0 Å². The van der Waals surface area contributed by atoms with Gasteiger partial charge in [-0.2, -0.15) is 0 Å². The molecular formula is C21H26N2O4. The number of nitrogens with zero attached hydrogens (tertiary/aromatic N) is 1. The number of carboxylic acids is 1. The Morgan fingerprint density at radius 1 is 1.07 bits per heavy atom. The number of piperazine rings is 1. The van der Waals surface area contributed by atoms with E-state index in [0.29, 0.717) is 26.2 Å². The number of fused-ring (bicyclic) bond motifs is 1. The predicted octanol–water partition coefficient (Wildman–Crippen LogP) is 0.766. The van der Waals surface area contributed by atoms with Crippen molar-refractivity contribution >= 4 is 22.8 Å². The van der Waals surface area contributed by atoms with Crippen molar-refractivity contribution in [3.63, 3.8) is 0 Å². The van der Waals surface area contributed by atoms with Crippen molar-refractivity contribution in [2.45, 2.75) is 32.4 Å². The van der Waals surface area contributed by atoms with Crippen LogP contribution >= 0.6 is 0 Å². The van der Waals surface area contributed by atoms with Gasteiger partial charge in [0.1, 0.15) is 11.6 Å². The molecule has 1 fully saturated rings. The Balaban J connectivity index is 1.78. The first-order valence-corrected chi connectivity index (χ1v) is 9.27. The number of carboxylic acid groups (broad SMARTS) is 1. The molecule has 0 unspecified atom stereocenters. The lowest BCUT2D eigenvalue weighted by Crippen LogP contribution is -3.16. The summed E-state index contributed by atoms with van der Waals surface area (Å²) in [5.74, 6) is -1.09. The summed E-state index contributed by atoms with van der Waals surface area (Å²) < 4.78 is 5.41. The summed E-state index contributed by atoms with van der Waals surface area (Å²) in [5, 5.41) is 13.9. The highest BCUT2D eigenvalue weighted by molar-refractivity contribution is 5.89. The lowest BCUT2D eigenvalue weighted by molar-refractivity contribution is -0.928. The quantitative estimate of drug-likeness (QED) is 0.866. The average Bonchev–Trinajstić information content (AvgIpc) is 2.61. The Morgan fingerprint density at radius 3 is 2.33 bits per heavy atom. The van der Waals surface area contributed by atoms with Gasteiger partial charge in [-0.3, -0.25) is 4.90 Å². The van der Waals surface area contributed by atoms with Gasteiger partial charge in [0.15, 0.2) is 6.04 Å². The highest BCUT2D eigenvalue weighted by Crippen LogP contribution is 2.23. The monoisotopic (exact) mass is 370 g/mol. The van der Waals surface area contributed by atoms with Gasteiger partial charge in [0.2, 0.25) is 0 Å². The van der Waals surface area contributed by atoms with E-state index in [9.17, 15) is 14.7 Å². The van der Waals surface area contributed by atoms with Gasteiger partial charge >= 0.3 is 6.09 Å². The van der Waals surface area contributed by atoms with Gasteiger partial charge < -0.3 is 19.5 Å². The molecule has 6 heteroatoms. The molecular weight excluding hydrogens is 344 g/mol. The molecule has 0 aliphatic carbocycles. The smallest absolute Gasteiger partial charge is 0.410 e. The Morgan fingerprint density at radius 2 is 1.70 bits per heavy atom. The molecule has 0 radical (unpaired) electrons. The molecule has 1 aliphatic rings. The molecule has 0 bridgehead atoms. The maximum atomic E-state index is 12.2. The van der Waals surface area contributed by atoms with Crippen molar-refractivity contribution in [3.8, 4) is 0 Å². The third kappa shape index (κ3) is 4.39. The number of nitrogens with one attached hydrogen (secondary N) is 1. The van der Waals surface area contributed by atoms with Gasteiger partial charge in [-0.25, -0.2) is 4.79 Å². The van der Waals surface area contributed by atoms with Crippen molar-refractivity contribution in [2.75, 3.05) is 26.2 Å². The van der Waals surface area contributed by atoms with Crippen molar-refractivity contribution in [2.24, 2.45) is 0 Å². The van der Waals surface area contributed by atoms with Gasteiger partial charge in [0, 0.05) is 5.56 Å². The van der Waals surface area contributed by atoms with Crippen LogP contribution in [0.25, 0.3) is 10.8 Å². The fraction of sp³-hybridized carbons (Fsp3) is 0.429. The molecule has 1 saturated heterocycles. The van der Waals surface area contributed by atoms with Crippen molar-refractivity contribution in [1.82, 2.24) is 4.90 Å². The SMILES string of the molecule is CC(C)(C)OC(=O)N1CC[NH+]([C@H](C(=O)[O-])c2cccc3ccccc23)CC1. The third-order valence-corrected chi connectivity index (χ3v) is 4.84. The van der Waals surface area contributed by atoms with E-state index in [1.807, 2.05) is 63.2 Å². The van der Waals surface area contributed by atoms with Crippen LogP contribution in [0.3, 0.4) is 0 Å². The van der Waals surface area contributed by atoms with E-state index in [0.717, 1.165) is 21.2 Å². The number of hydrogen-bond acceptors (Lipinski definition) is 4. The Kier molecular flexibility index (Phi) is 5.37. The highest BCUT2D eigenvalue weighted by atomic mass is 16.6.